The Labute approximate surface area is 111 Å². The summed E-state index contributed by atoms with van der Waals surface area (Å²) in [5.74, 6) is 0.172. The van der Waals surface area contributed by atoms with E-state index in [-0.39, 0.29) is 17.6 Å². The number of nitrogens with one attached hydrogen (secondary N) is 1. The van der Waals surface area contributed by atoms with Gasteiger partial charge in [-0.25, -0.2) is 4.98 Å². The molecule has 1 fully saturated rings. The van der Waals surface area contributed by atoms with Crippen molar-refractivity contribution in [3.8, 4) is 0 Å². The number of aryl methyl sites for hydroxylation is 1. The van der Waals surface area contributed by atoms with E-state index in [2.05, 4.69) is 10.3 Å². The van der Waals surface area contributed by atoms with Gasteiger partial charge in [-0.05, 0) is 19.8 Å². The molecule has 0 saturated heterocycles. The predicted molar refractivity (Wildman–Crippen MR) is 72.1 cm³/mol. The zero-order valence-electron chi connectivity index (χ0n) is 10.8. The fraction of sp³-hybridized carbons (Fsp3) is 0.615. The molecule has 0 spiro atoms. The first-order valence-electron chi connectivity index (χ1n) is 6.37. The fourth-order valence-electron chi connectivity index (χ4n) is 2.35. The predicted octanol–water partition coefficient (Wildman–Crippen LogP) is 3.17. The van der Waals surface area contributed by atoms with Gasteiger partial charge in [-0.2, -0.15) is 0 Å². The van der Waals surface area contributed by atoms with Crippen LogP contribution in [0, 0.1) is 12.8 Å². The molecule has 0 aliphatic heterocycles. The van der Waals surface area contributed by atoms with Crippen LogP contribution < -0.4 is 5.32 Å². The van der Waals surface area contributed by atoms with Crippen molar-refractivity contribution in [3.63, 3.8) is 0 Å². The summed E-state index contributed by atoms with van der Waals surface area (Å²) in [6.07, 6.45) is 5.43. The number of aromatic nitrogens is 1. The molecule has 0 aromatic carbocycles. The van der Waals surface area contributed by atoms with E-state index in [9.17, 15) is 9.59 Å². The number of hydrogen-bond donors (Lipinski definition) is 1. The molecule has 1 aromatic heterocycles. The first-order chi connectivity index (χ1) is 8.58. The van der Waals surface area contributed by atoms with Crippen LogP contribution in [0.3, 0.4) is 0 Å². The van der Waals surface area contributed by atoms with Gasteiger partial charge in [0, 0.05) is 12.8 Å². The second-order valence-corrected chi connectivity index (χ2v) is 5.81. The van der Waals surface area contributed by atoms with Crippen LogP contribution in [-0.2, 0) is 4.79 Å². The van der Waals surface area contributed by atoms with E-state index in [0.717, 1.165) is 25.7 Å². The van der Waals surface area contributed by atoms with Gasteiger partial charge < -0.3 is 5.32 Å². The van der Waals surface area contributed by atoms with Crippen LogP contribution in [0.4, 0.5) is 5.13 Å². The molecule has 0 atom stereocenters. The molecule has 2 rings (SSSR count). The van der Waals surface area contributed by atoms with Crippen LogP contribution in [0.5, 0.6) is 0 Å². The highest BCUT2D eigenvalue weighted by molar-refractivity contribution is 7.17. The fourth-order valence-corrected chi connectivity index (χ4v) is 3.21. The quantitative estimate of drug-likeness (QED) is 0.855. The number of ketones is 1. The van der Waals surface area contributed by atoms with Crippen LogP contribution >= 0.6 is 11.3 Å². The van der Waals surface area contributed by atoms with Crippen LogP contribution in [0.15, 0.2) is 0 Å². The average molecular weight is 266 g/mol. The zero-order valence-corrected chi connectivity index (χ0v) is 11.6. The zero-order chi connectivity index (χ0) is 13.1. The van der Waals surface area contributed by atoms with Gasteiger partial charge in [0.1, 0.15) is 0 Å². The highest BCUT2D eigenvalue weighted by Gasteiger charge is 2.22. The molecular formula is C13H18N2O2S. The monoisotopic (exact) mass is 266 g/mol. The molecule has 18 heavy (non-hydrogen) atoms. The lowest BCUT2D eigenvalue weighted by molar-refractivity contribution is -0.120. The van der Waals surface area contributed by atoms with Crippen LogP contribution in [0.1, 0.15) is 54.4 Å². The standard InChI is InChI=1S/C13H18N2O2S/c1-8-11(9(2)16)18-13(14-8)15-12(17)10-6-4-3-5-7-10/h10H,3-7H2,1-2H3,(H,14,15,17). The summed E-state index contributed by atoms with van der Waals surface area (Å²) >= 11 is 1.27. The summed E-state index contributed by atoms with van der Waals surface area (Å²) in [6.45, 7) is 3.32. The number of carbonyl (C=O) groups excluding carboxylic acids is 2. The lowest BCUT2D eigenvalue weighted by Gasteiger charge is -2.19. The van der Waals surface area contributed by atoms with Crippen LogP contribution in [0.25, 0.3) is 0 Å². The van der Waals surface area contributed by atoms with E-state index in [0.29, 0.717) is 15.7 Å². The van der Waals surface area contributed by atoms with E-state index in [1.54, 1.807) is 6.92 Å². The maximum absolute atomic E-state index is 12.0. The third-order valence-electron chi connectivity index (χ3n) is 3.32. The molecule has 0 unspecified atom stereocenters. The summed E-state index contributed by atoms with van der Waals surface area (Å²) in [4.78, 5) is 28.2. The van der Waals surface area contributed by atoms with Crippen molar-refractivity contribution in [3.05, 3.63) is 10.6 Å². The summed E-state index contributed by atoms with van der Waals surface area (Å²) in [7, 11) is 0. The van der Waals surface area contributed by atoms with Crippen LogP contribution in [0.2, 0.25) is 0 Å². The number of Topliss-reactive ketones (excluding diaryl/α,β-unsaturated/α-hetero) is 1. The van der Waals surface area contributed by atoms with Crippen molar-refractivity contribution in [1.82, 2.24) is 4.98 Å². The molecule has 4 nitrogen and oxygen atoms in total. The minimum atomic E-state index is 0.00293. The summed E-state index contributed by atoms with van der Waals surface area (Å²) in [6, 6.07) is 0. The Hall–Kier alpha value is -1.23. The summed E-state index contributed by atoms with van der Waals surface area (Å²) in [5.41, 5.74) is 0.700. The first-order valence-corrected chi connectivity index (χ1v) is 7.19. The van der Waals surface area contributed by atoms with Gasteiger partial charge in [0.15, 0.2) is 10.9 Å². The number of carbonyl (C=O) groups is 2. The maximum atomic E-state index is 12.0. The van der Waals surface area contributed by atoms with E-state index < -0.39 is 0 Å². The Morgan fingerprint density at radius 3 is 2.50 bits per heavy atom. The lowest BCUT2D eigenvalue weighted by Crippen LogP contribution is -2.24. The van der Waals surface area contributed by atoms with Gasteiger partial charge in [-0.15, -0.1) is 0 Å². The molecule has 1 aliphatic rings. The van der Waals surface area contributed by atoms with Crippen molar-refractivity contribution in [2.24, 2.45) is 5.92 Å². The van der Waals surface area contributed by atoms with E-state index in [1.165, 1.54) is 24.7 Å². The number of thiazole rings is 1. The highest BCUT2D eigenvalue weighted by atomic mass is 32.1. The van der Waals surface area contributed by atoms with Crippen molar-refractivity contribution in [2.45, 2.75) is 46.0 Å². The summed E-state index contributed by atoms with van der Waals surface area (Å²) in [5, 5.41) is 3.39. The normalized spacial score (nSPS) is 16.6. The molecule has 1 heterocycles. The third-order valence-corrected chi connectivity index (χ3v) is 4.50. The third kappa shape index (κ3) is 2.96. The molecular weight excluding hydrogens is 248 g/mol. The minimum Gasteiger partial charge on any atom is -0.302 e. The average Bonchev–Trinajstić information content (AvgIpc) is 2.71. The summed E-state index contributed by atoms with van der Waals surface area (Å²) < 4.78 is 0. The lowest BCUT2D eigenvalue weighted by atomic mass is 9.89. The largest absolute Gasteiger partial charge is 0.302 e. The number of hydrogen-bond acceptors (Lipinski definition) is 4. The Balaban J connectivity index is 2.02. The first kappa shape index (κ1) is 13.2. The maximum Gasteiger partial charge on any atom is 0.229 e. The van der Waals surface area contributed by atoms with E-state index in [4.69, 9.17) is 0 Å². The van der Waals surface area contributed by atoms with Gasteiger partial charge in [0.25, 0.3) is 0 Å². The van der Waals surface area contributed by atoms with E-state index in [1.807, 2.05) is 0 Å². The van der Waals surface area contributed by atoms with E-state index >= 15 is 0 Å². The Morgan fingerprint density at radius 1 is 1.28 bits per heavy atom. The van der Waals surface area contributed by atoms with Crippen molar-refractivity contribution < 1.29 is 9.59 Å². The molecule has 5 heteroatoms. The molecule has 1 aromatic rings. The molecule has 0 bridgehead atoms. The molecule has 0 radical (unpaired) electrons. The SMILES string of the molecule is CC(=O)c1sc(NC(=O)C2CCCCC2)nc1C. The van der Waals surface area contributed by atoms with Gasteiger partial charge in [-0.3, -0.25) is 9.59 Å². The Bertz CT molecular complexity index is 462. The minimum absolute atomic E-state index is 0.00293. The van der Waals surface area contributed by atoms with Gasteiger partial charge in [-0.1, -0.05) is 30.6 Å². The molecule has 1 amide bonds. The van der Waals surface area contributed by atoms with Crippen LogP contribution in [-0.4, -0.2) is 16.7 Å². The number of amides is 1. The van der Waals surface area contributed by atoms with Crippen molar-refractivity contribution in [2.75, 3.05) is 5.32 Å². The number of nitrogens with zero attached hydrogens (tertiary/aromatic N) is 1. The Morgan fingerprint density at radius 2 is 1.94 bits per heavy atom. The van der Waals surface area contributed by atoms with Crippen molar-refractivity contribution >= 4 is 28.2 Å². The number of anilines is 1. The smallest absolute Gasteiger partial charge is 0.229 e. The van der Waals surface area contributed by atoms with Gasteiger partial charge in [0.05, 0.1) is 10.6 Å². The second kappa shape index (κ2) is 5.61. The molecule has 1 N–H and O–H groups in total. The van der Waals surface area contributed by atoms with Gasteiger partial charge >= 0.3 is 0 Å². The van der Waals surface area contributed by atoms with Crippen molar-refractivity contribution in [1.29, 1.82) is 0 Å². The Kier molecular flexibility index (Phi) is 4.11. The molecule has 1 saturated carbocycles. The van der Waals surface area contributed by atoms with Gasteiger partial charge in [0.2, 0.25) is 5.91 Å². The molecule has 1 aliphatic carbocycles. The topological polar surface area (TPSA) is 59.1 Å². The highest BCUT2D eigenvalue weighted by Crippen LogP contribution is 2.27. The molecule has 98 valence electrons. The second-order valence-electron chi connectivity index (χ2n) is 4.81. The number of rotatable bonds is 3.